The molecule has 8 heteroatoms. The van der Waals surface area contributed by atoms with Gasteiger partial charge in [0, 0.05) is 6.42 Å². The molecule has 0 bridgehead atoms. The lowest BCUT2D eigenvalue weighted by Gasteiger charge is -2.23. The third-order valence-corrected chi connectivity index (χ3v) is 5.70. The molecule has 0 rings (SSSR count). The molecule has 8 nitrogen and oxygen atoms in total. The van der Waals surface area contributed by atoms with Crippen LogP contribution in [0.2, 0.25) is 0 Å². The van der Waals surface area contributed by atoms with Crippen LogP contribution in [0, 0.1) is 0 Å². The second-order valence-electron chi connectivity index (χ2n) is 10.4. The zero-order valence-electron chi connectivity index (χ0n) is 22.6. The van der Waals surface area contributed by atoms with Crippen molar-refractivity contribution >= 4 is 18.0 Å². The van der Waals surface area contributed by atoms with Crippen molar-refractivity contribution in [3.05, 3.63) is 0 Å². The van der Waals surface area contributed by atoms with Crippen LogP contribution >= 0.6 is 0 Å². The Bertz CT molecular complexity index is 562. The van der Waals surface area contributed by atoms with Crippen LogP contribution in [0.4, 0.5) is 4.79 Å². The van der Waals surface area contributed by atoms with Gasteiger partial charge < -0.3 is 25.6 Å². The third-order valence-electron chi connectivity index (χ3n) is 5.70. The maximum Gasteiger partial charge on any atom is 0.408 e. The number of hydrogen-bond donors (Lipinski definition) is 3. The van der Waals surface area contributed by atoms with Crippen LogP contribution in [0.1, 0.15) is 130 Å². The molecule has 0 unspecified atom stereocenters. The van der Waals surface area contributed by atoms with E-state index in [1.807, 2.05) is 0 Å². The van der Waals surface area contributed by atoms with Crippen molar-refractivity contribution in [2.24, 2.45) is 5.73 Å². The van der Waals surface area contributed by atoms with Crippen LogP contribution in [-0.2, 0) is 19.1 Å². The summed E-state index contributed by atoms with van der Waals surface area (Å²) in [6.07, 6.45) is 16.3. The number of carbonyl (C=O) groups is 3. The molecule has 0 saturated carbocycles. The monoisotopic (exact) mass is 500 g/mol. The summed E-state index contributed by atoms with van der Waals surface area (Å²) >= 11 is 0. The molecule has 0 spiro atoms. The predicted octanol–water partition coefficient (Wildman–Crippen LogP) is 6.10. The standard InChI is InChI=1S/C27H52N2O6/c1-27(2,3)35-26(33)29-23(19-16-17-21-28)25(32)34-22-18-14-12-10-8-6-4-5-7-9-11-13-15-20-24(30)31/h23H,4-22,28H2,1-3H3,(H,29,33)(H,30,31)/t23-/m0/s1. The average Bonchev–Trinajstić information content (AvgIpc) is 2.76. The number of rotatable bonds is 22. The summed E-state index contributed by atoms with van der Waals surface area (Å²) in [5.74, 6) is -1.10. The van der Waals surface area contributed by atoms with Gasteiger partial charge in [-0.25, -0.2) is 9.59 Å². The number of hydrogen-bond acceptors (Lipinski definition) is 6. The van der Waals surface area contributed by atoms with Crippen LogP contribution in [-0.4, -0.2) is 47.9 Å². The van der Waals surface area contributed by atoms with Crippen molar-refractivity contribution in [1.82, 2.24) is 5.32 Å². The van der Waals surface area contributed by atoms with Crippen molar-refractivity contribution in [2.45, 2.75) is 142 Å². The smallest absolute Gasteiger partial charge is 0.408 e. The Balaban J connectivity index is 3.77. The van der Waals surface area contributed by atoms with Crippen LogP contribution in [0.3, 0.4) is 0 Å². The first-order chi connectivity index (χ1) is 16.7. The van der Waals surface area contributed by atoms with Gasteiger partial charge in [-0.1, -0.05) is 70.6 Å². The molecule has 0 heterocycles. The summed E-state index contributed by atoms with van der Waals surface area (Å²) in [5.41, 5.74) is 4.91. The van der Waals surface area contributed by atoms with E-state index in [0.29, 0.717) is 26.0 Å². The summed E-state index contributed by atoms with van der Waals surface area (Å²) < 4.78 is 10.7. The first-order valence-corrected chi connectivity index (χ1v) is 13.7. The van der Waals surface area contributed by atoms with Crippen LogP contribution in [0.15, 0.2) is 0 Å². The fourth-order valence-corrected chi connectivity index (χ4v) is 3.79. The molecular formula is C27H52N2O6. The van der Waals surface area contributed by atoms with E-state index in [4.69, 9.17) is 20.3 Å². The van der Waals surface area contributed by atoms with E-state index >= 15 is 0 Å². The molecule has 0 fully saturated rings. The molecule has 0 aromatic heterocycles. The Kier molecular flexibility index (Phi) is 20.3. The van der Waals surface area contributed by atoms with Gasteiger partial charge in [0.15, 0.2) is 0 Å². The van der Waals surface area contributed by atoms with Gasteiger partial charge >= 0.3 is 18.0 Å². The third kappa shape index (κ3) is 23.7. The second kappa shape index (κ2) is 21.5. The summed E-state index contributed by atoms with van der Waals surface area (Å²) in [6, 6.07) is -0.707. The maximum atomic E-state index is 12.5. The van der Waals surface area contributed by atoms with Crippen molar-refractivity contribution in [3.8, 4) is 0 Å². The molecule has 0 radical (unpaired) electrons. The van der Waals surface area contributed by atoms with Crippen molar-refractivity contribution in [1.29, 1.82) is 0 Å². The fourth-order valence-electron chi connectivity index (χ4n) is 3.79. The Hall–Kier alpha value is -1.83. The van der Waals surface area contributed by atoms with E-state index in [2.05, 4.69) is 5.32 Å². The van der Waals surface area contributed by atoms with Gasteiger partial charge in [0.05, 0.1) is 6.61 Å². The van der Waals surface area contributed by atoms with Gasteiger partial charge in [0.1, 0.15) is 11.6 Å². The number of aliphatic carboxylic acids is 1. The minimum absolute atomic E-state index is 0.295. The van der Waals surface area contributed by atoms with Crippen LogP contribution < -0.4 is 11.1 Å². The van der Waals surface area contributed by atoms with E-state index in [9.17, 15) is 14.4 Å². The lowest BCUT2D eigenvalue weighted by atomic mass is 10.0. The number of esters is 1. The molecule has 0 saturated heterocycles. The molecule has 0 aromatic carbocycles. The van der Waals surface area contributed by atoms with E-state index in [1.54, 1.807) is 20.8 Å². The van der Waals surface area contributed by atoms with E-state index in [1.165, 1.54) is 44.9 Å². The van der Waals surface area contributed by atoms with E-state index < -0.39 is 29.7 Å². The molecule has 1 amide bonds. The predicted molar refractivity (Wildman–Crippen MR) is 139 cm³/mol. The average molecular weight is 501 g/mol. The number of ether oxygens (including phenoxy) is 2. The molecule has 4 N–H and O–H groups in total. The zero-order chi connectivity index (χ0) is 26.4. The van der Waals surface area contributed by atoms with Gasteiger partial charge in [-0.3, -0.25) is 4.79 Å². The lowest BCUT2D eigenvalue weighted by Crippen LogP contribution is -2.44. The normalized spacial score (nSPS) is 12.2. The van der Waals surface area contributed by atoms with E-state index in [0.717, 1.165) is 51.4 Å². The lowest BCUT2D eigenvalue weighted by molar-refractivity contribution is -0.146. The highest BCUT2D eigenvalue weighted by molar-refractivity contribution is 5.81. The topological polar surface area (TPSA) is 128 Å². The van der Waals surface area contributed by atoms with Crippen LogP contribution in [0.5, 0.6) is 0 Å². The number of carbonyl (C=O) groups excluding carboxylic acids is 2. The number of unbranched alkanes of at least 4 members (excludes halogenated alkanes) is 13. The molecule has 0 aliphatic carbocycles. The number of carboxylic acid groups (broad SMARTS) is 1. The fraction of sp³-hybridized carbons (Fsp3) is 0.889. The quantitative estimate of drug-likeness (QED) is 0.121. The second-order valence-corrected chi connectivity index (χ2v) is 10.4. The first kappa shape index (κ1) is 33.2. The number of alkyl carbamates (subject to hydrolysis) is 1. The summed E-state index contributed by atoms with van der Waals surface area (Å²) in [4.78, 5) is 35.0. The van der Waals surface area contributed by atoms with Crippen molar-refractivity contribution in [2.75, 3.05) is 13.2 Å². The van der Waals surface area contributed by atoms with Crippen molar-refractivity contribution in [3.63, 3.8) is 0 Å². The van der Waals surface area contributed by atoms with Gasteiger partial charge in [0.25, 0.3) is 0 Å². The Morgan fingerprint density at radius 3 is 1.71 bits per heavy atom. The largest absolute Gasteiger partial charge is 0.481 e. The molecule has 35 heavy (non-hydrogen) atoms. The van der Waals surface area contributed by atoms with Gasteiger partial charge in [-0.2, -0.15) is 0 Å². The maximum absolute atomic E-state index is 12.5. The van der Waals surface area contributed by atoms with E-state index in [-0.39, 0.29) is 0 Å². The van der Waals surface area contributed by atoms with Crippen LogP contribution in [0.25, 0.3) is 0 Å². The SMILES string of the molecule is CC(C)(C)OC(=O)N[C@@H](CCCCN)C(=O)OCCCCCCCCCCCCCCCC(=O)O. The molecule has 206 valence electrons. The Labute approximate surface area is 213 Å². The summed E-state index contributed by atoms with van der Waals surface area (Å²) in [6.45, 7) is 6.26. The number of amides is 1. The Morgan fingerprint density at radius 2 is 1.26 bits per heavy atom. The minimum Gasteiger partial charge on any atom is -0.481 e. The minimum atomic E-state index is -0.707. The zero-order valence-corrected chi connectivity index (χ0v) is 22.6. The highest BCUT2D eigenvalue weighted by atomic mass is 16.6. The molecular weight excluding hydrogens is 448 g/mol. The highest BCUT2D eigenvalue weighted by Crippen LogP contribution is 2.13. The number of carboxylic acids is 1. The molecule has 0 aliphatic rings. The number of nitrogens with one attached hydrogen (secondary N) is 1. The molecule has 0 aliphatic heterocycles. The molecule has 1 atom stereocenters. The van der Waals surface area contributed by atoms with Gasteiger partial charge in [0.2, 0.25) is 0 Å². The van der Waals surface area contributed by atoms with Crippen molar-refractivity contribution < 1.29 is 29.0 Å². The summed E-state index contributed by atoms with van der Waals surface area (Å²) in [5, 5.41) is 11.2. The Morgan fingerprint density at radius 1 is 0.771 bits per heavy atom. The first-order valence-electron chi connectivity index (χ1n) is 13.7. The van der Waals surface area contributed by atoms with Gasteiger partial charge in [-0.15, -0.1) is 0 Å². The highest BCUT2D eigenvalue weighted by Gasteiger charge is 2.25. The number of nitrogens with two attached hydrogens (primary N) is 1. The molecule has 0 aromatic rings. The summed E-state index contributed by atoms with van der Waals surface area (Å²) in [7, 11) is 0. The van der Waals surface area contributed by atoms with Gasteiger partial charge in [-0.05, 0) is 59.4 Å².